The number of rotatable bonds is 4. The second kappa shape index (κ2) is 6.00. The maximum atomic E-state index is 12.4. The number of nitrogens with one attached hydrogen (secondary N) is 1. The Labute approximate surface area is 135 Å². The highest BCUT2D eigenvalue weighted by Gasteiger charge is 2.22. The topological polar surface area (TPSA) is 79.4 Å². The standard InChI is InChI=1S/C16H17N3O3S/c1-12-11-13(8-9-17-12)18-23(21,22)15-6-4-14(5-7-15)19-10-2-3-16(19)20/h4-9,11H,2-3,10H2,1H3,(H,17,18). The van der Waals surface area contributed by atoms with Crippen LogP contribution in [0.3, 0.4) is 0 Å². The predicted octanol–water partition coefficient (Wildman–Crippen LogP) is 2.32. The van der Waals surface area contributed by atoms with E-state index in [2.05, 4.69) is 9.71 Å². The van der Waals surface area contributed by atoms with E-state index in [1.807, 2.05) is 0 Å². The molecule has 0 unspecified atom stereocenters. The van der Waals surface area contributed by atoms with Crippen LogP contribution in [0.25, 0.3) is 0 Å². The number of carbonyl (C=O) groups excluding carboxylic acids is 1. The van der Waals surface area contributed by atoms with Crippen LogP contribution in [-0.2, 0) is 14.8 Å². The number of pyridine rings is 1. The summed E-state index contributed by atoms with van der Waals surface area (Å²) in [5.41, 5.74) is 1.93. The molecule has 1 aromatic heterocycles. The normalized spacial score (nSPS) is 15.0. The van der Waals surface area contributed by atoms with E-state index in [9.17, 15) is 13.2 Å². The fourth-order valence-electron chi connectivity index (χ4n) is 2.55. The molecule has 1 saturated heterocycles. The number of benzene rings is 1. The minimum atomic E-state index is -3.67. The van der Waals surface area contributed by atoms with Gasteiger partial charge >= 0.3 is 0 Å². The lowest BCUT2D eigenvalue weighted by Gasteiger charge is -2.16. The van der Waals surface area contributed by atoms with Crippen molar-refractivity contribution in [2.45, 2.75) is 24.7 Å². The molecule has 2 aromatic rings. The Morgan fingerprint density at radius 1 is 1.17 bits per heavy atom. The molecule has 1 aliphatic heterocycles. The number of hydrogen-bond donors (Lipinski definition) is 1. The van der Waals surface area contributed by atoms with E-state index in [4.69, 9.17) is 0 Å². The molecule has 6 nitrogen and oxygen atoms in total. The average Bonchev–Trinajstić information content (AvgIpc) is 2.93. The largest absolute Gasteiger partial charge is 0.312 e. The van der Waals surface area contributed by atoms with Gasteiger partial charge in [-0.15, -0.1) is 0 Å². The lowest BCUT2D eigenvalue weighted by molar-refractivity contribution is -0.117. The van der Waals surface area contributed by atoms with Crippen LogP contribution in [0.5, 0.6) is 0 Å². The van der Waals surface area contributed by atoms with Gasteiger partial charge in [-0.3, -0.25) is 14.5 Å². The highest BCUT2D eigenvalue weighted by atomic mass is 32.2. The van der Waals surface area contributed by atoms with Gasteiger partial charge in [-0.05, 0) is 49.7 Å². The van der Waals surface area contributed by atoms with E-state index >= 15 is 0 Å². The average molecular weight is 331 g/mol. The molecule has 1 aromatic carbocycles. The van der Waals surface area contributed by atoms with Crippen molar-refractivity contribution < 1.29 is 13.2 Å². The summed E-state index contributed by atoms with van der Waals surface area (Å²) in [6, 6.07) is 9.61. The summed E-state index contributed by atoms with van der Waals surface area (Å²) in [7, 11) is -3.67. The van der Waals surface area contributed by atoms with Gasteiger partial charge in [-0.25, -0.2) is 8.42 Å². The van der Waals surface area contributed by atoms with E-state index in [1.165, 1.54) is 12.1 Å². The molecule has 120 valence electrons. The van der Waals surface area contributed by atoms with Crippen molar-refractivity contribution >= 4 is 27.3 Å². The first-order valence-electron chi connectivity index (χ1n) is 7.32. The predicted molar refractivity (Wildman–Crippen MR) is 87.8 cm³/mol. The van der Waals surface area contributed by atoms with Crippen molar-refractivity contribution in [1.29, 1.82) is 0 Å². The van der Waals surface area contributed by atoms with Crippen LogP contribution >= 0.6 is 0 Å². The molecular formula is C16H17N3O3S. The Morgan fingerprint density at radius 3 is 2.52 bits per heavy atom. The van der Waals surface area contributed by atoms with Crippen LogP contribution in [-0.4, -0.2) is 25.9 Å². The molecule has 0 spiro atoms. The molecule has 2 heterocycles. The summed E-state index contributed by atoms with van der Waals surface area (Å²) >= 11 is 0. The number of anilines is 2. The fourth-order valence-corrected chi connectivity index (χ4v) is 3.60. The van der Waals surface area contributed by atoms with Gasteiger partial charge in [0, 0.05) is 30.5 Å². The van der Waals surface area contributed by atoms with Crippen molar-refractivity contribution in [3.05, 3.63) is 48.3 Å². The molecule has 1 aliphatic rings. The Bertz CT molecular complexity index is 832. The molecule has 0 atom stereocenters. The Morgan fingerprint density at radius 2 is 1.91 bits per heavy atom. The third-order valence-electron chi connectivity index (χ3n) is 3.68. The number of aromatic nitrogens is 1. The SMILES string of the molecule is Cc1cc(NS(=O)(=O)c2ccc(N3CCCC3=O)cc2)ccn1. The molecule has 0 aliphatic carbocycles. The zero-order valence-corrected chi connectivity index (χ0v) is 13.5. The third-order valence-corrected chi connectivity index (χ3v) is 5.08. The van der Waals surface area contributed by atoms with Crippen molar-refractivity contribution in [1.82, 2.24) is 4.98 Å². The number of hydrogen-bond acceptors (Lipinski definition) is 4. The van der Waals surface area contributed by atoms with E-state index in [0.29, 0.717) is 18.7 Å². The summed E-state index contributed by atoms with van der Waals surface area (Å²) < 4.78 is 27.3. The van der Waals surface area contributed by atoms with Crippen molar-refractivity contribution in [3.63, 3.8) is 0 Å². The number of nitrogens with zero attached hydrogens (tertiary/aromatic N) is 2. The van der Waals surface area contributed by atoms with Crippen molar-refractivity contribution in [2.75, 3.05) is 16.2 Å². The van der Waals surface area contributed by atoms with E-state index in [1.54, 1.807) is 42.3 Å². The number of sulfonamides is 1. The van der Waals surface area contributed by atoms with Gasteiger partial charge in [-0.2, -0.15) is 0 Å². The van der Waals surface area contributed by atoms with Gasteiger partial charge in [0.1, 0.15) is 0 Å². The van der Waals surface area contributed by atoms with Gasteiger partial charge in [0.25, 0.3) is 10.0 Å². The molecule has 0 bridgehead atoms. The minimum Gasteiger partial charge on any atom is -0.312 e. The van der Waals surface area contributed by atoms with Crippen LogP contribution in [0.4, 0.5) is 11.4 Å². The van der Waals surface area contributed by atoms with E-state index in [0.717, 1.165) is 17.8 Å². The summed E-state index contributed by atoms with van der Waals surface area (Å²) in [6.45, 7) is 2.47. The third kappa shape index (κ3) is 3.34. The molecule has 7 heteroatoms. The molecule has 1 fully saturated rings. The molecule has 0 saturated carbocycles. The number of amides is 1. The first kappa shape index (κ1) is 15.5. The van der Waals surface area contributed by atoms with Gasteiger partial charge in [0.05, 0.1) is 10.6 Å². The van der Waals surface area contributed by atoms with Gasteiger partial charge in [0.2, 0.25) is 5.91 Å². The fraction of sp³-hybridized carbons (Fsp3) is 0.250. The van der Waals surface area contributed by atoms with Crippen LogP contribution in [0, 0.1) is 6.92 Å². The highest BCUT2D eigenvalue weighted by molar-refractivity contribution is 7.92. The van der Waals surface area contributed by atoms with Crippen LogP contribution in [0.2, 0.25) is 0 Å². The van der Waals surface area contributed by atoms with Crippen LogP contribution < -0.4 is 9.62 Å². The second-order valence-corrected chi connectivity index (χ2v) is 7.12. The Hall–Kier alpha value is -2.41. The van der Waals surface area contributed by atoms with Gasteiger partial charge in [0.15, 0.2) is 0 Å². The number of aryl methyl sites for hydroxylation is 1. The lowest BCUT2D eigenvalue weighted by atomic mass is 10.3. The van der Waals surface area contributed by atoms with E-state index in [-0.39, 0.29) is 10.8 Å². The molecule has 0 radical (unpaired) electrons. The van der Waals surface area contributed by atoms with Gasteiger partial charge in [-0.1, -0.05) is 0 Å². The smallest absolute Gasteiger partial charge is 0.261 e. The van der Waals surface area contributed by atoms with Gasteiger partial charge < -0.3 is 4.90 Å². The molecular weight excluding hydrogens is 314 g/mol. The zero-order valence-electron chi connectivity index (χ0n) is 12.7. The Balaban J connectivity index is 1.81. The summed E-state index contributed by atoms with van der Waals surface area (Å²) in [4.78, 5) is 17.6. The molecule has 3 rings (SSSR count). The maximum Gasteiger partial charge on any atom is 0.261 e. The maximum absolute atomic E-state index is 12.4. The first-order valence-corrected chi connectivity index (χ1v) is 8.80. The van der Waals surface area contributed by atoms with E-state index < -0.39 is 10.0 Å². The summed E-state index contributed by atoms with van der Waals surface area (Å²) in [6.07, 6.45) is 2.93. The molecule has 23 heavy (non-hydrogen) atoms. The quantitative estimate of drug-likeness (QED) is 0.932. The van der Waals surface area contributed by atoms with Crippen molar-refractivity contribution in [2.24, 2.45) is 0 Å². The lowest BCUT2D eigenvalue weighted by Crippen LogP contribution is -2.23. The molecule has 1 amide bonds. The van der Waals surface area contributed by atoms with Crippen LogP contribution in [0.15, 0.2) is 47.5 Å². The molecule has 1 N–H and O–H groups in total. The summed E-state index contributed by atoms with van der Waals surface area (Å²) in [5, 5.41) is 0. The first-order chi connectivity index (χ1) is 11.0. The number of carbonyl (C=O) groups is 1. The zero-order chi connectivity index (χ0) is 16.4. The Kier molecular flexibility index (Phi) is 4.04. The second-order valence-electron chi connectivity index (χ2n) is 5.43. The summed E-state index contributed by atoms with van der Waals surface area (Å²) in [5.74, 6) is 0.0750. The highest BCUT2D eigenvalue weighted by Crippen LogP contribution is 2.24. The monoisotopic (exact) mass is 331 g/mol. The van der Waals surface area contributed by atoms with Crippen molar-refractivity contribution in [3.8, 4) is 0 Å². The van der Waals surface area contributed by atoms with Crippen LogP contribution in [0.1, 0.15) is 18.5 Å². The minimum absolute atomic E-state index is 0.0750.